The van der Waals surface area contributed by atoms with E-state index in [1.54, 1.807) is 19.2 Å². The Balaban J connectivity index is 2.46. The fourth-order valence-corrected chi connectivity index (χ4v) is 2.58. The van der Waals surface area contributed by atoms with Crippen molar-refractivity contribution in [3.05, 3.63) is 55.7 Å². The van der Waals surface area contributed by atoms with Crippen LogP contribution in [0.5, 0.6) is 11.6 Å². The molecule has 0 saturated heterocycles. The van der Waals surface area contributed by atoms with E-state index in [-0.39, 0.29) is 11.4 Å². The number of hydrogen-bond acceptors (Lipinski definition) is 4. The van der Waals surface area contributed by atoms with Crippen LogP contribution >= 0.6 is 27.5 Å². The Hall–Kier alpha value is -1.66. The number of rotatable bonds is 4. The third kappa shape index (κ3) is 3.51. The Morgan fingerprint density at radius 1 is 1.33 bits per heavy atom. The van der Waals surface area contributed by atoms with Gasteiger partial charge >= 0.3 is 5.69 Å². The molecule has 0 N–H and O–H groups in total. The number of alkyl halides is 1. The second-order valence-corrected chi connectivity index (χ2v) is 5.71. The van der Waals surface area contributed by atoms with Crippen LogP contribution in [0.2, 0.25) is 0 Å². The number of pyridine rings is 1. The van der Waals surface area contributed by atoms with Crippen molar-refractivity contribution in [2.45, 2.75) is 19.7 Å². The van der Waals surface area contributed by atoms with Gasteiger partial charge in [-0.15, -0.1) is 11.6 Å². The minimum Gasteiger partial charge on any atom is -0.431 e. The number of halogens is 2. The molecular formula is C14H12BrClN2O3. The Morgan fingerprint density at radius 2 is 2.05 bits per heavy atom. The maximum atomic E-state index is 11.2. The molecule has 0 aliphatic heterocycles. The van der Waals surface area contributed by atoms with Crippen LogP contribution in [0.25, 0.3) is 0 Å². The highest BCUT2D eigenvalue weighted by Crippen LogP contribution is 2.37. The monoisotopic (exact) mass is 370 g/mol. The van der Waals surface area contributed by atoms with Crippen LogP contribution in [-0.4, -0.2) is 9.91 Å². The molecule has 0 radical (unpaired) electrons. The predicted octanol–water partition coefficient (Wildman–Crippen LogP) is 4.90. The van der Waals surface area contributed by atoms with Gasteiger partial charge in [-0.3, -0.25) is 10.1 Å². The van der Waals surface area contributed by atoms with Crippen LogP contribution in [0, 0.1) is 24.0 Å². The molecule has 7 heteroatoms. The van der Waals surface area contributed by atoms with Gasteiger partial charge in [-0.25, -0.2) is 4.98 Å². The molecule has 1 aromatic heterocycles. The zero-order valence-corrected chi connectivity index (χ0v) is 13.7. The number of hydrogen-bond donors (Lipinski definition) is 0. The van der Waals surface area contributed by atoms with Gasteiger partial charge < -0.3 is 4.74 Å². The lowest BCUT2D eigenvalue weighted by atomic mass is 10.2. The molecule has 2 aromatic rings. The topological polar surface area (TPSA) is 65.3 Å². The van der Waals surface area contributed by atoms with Gasteiger partial charge in [0, 0.05) is 33.7 Å². The summed E-state index contributed by atoms with van der Waals surface area (Å²) >= 11 is 8.99. The molecule has 0 atom stereocenters. The molecule has 5 nitrogen and oxygen atoms in total. The van der Waals surface area contributed by atoms with Crippen molar-refractivity contribution < 1.29 is 9.66 Å². The lowest BCUT2D eigenvalue weighted by Crippen LogP contribution is -1.99. The van der Waals surface area contributed by atoms with Gasteiger partial charge in [0.05, 0.1) is 4.92 Å². The Morgan fingerprint density at radius 3 is 2.62 bits per heavy atom. The largest absolute Gasteiger partial charge is 0.431 e. The van der Waals surface area contributed by atoms with Crippen LogP contribution in [-0.2, 0) is 5.88 Å². The molecule has 0 amide bonds. The van der Waals surface area contributed by atoms with E-state index in [0.717, 1.165) is 11.1 Å². The SMILES string of the molecule is Cc1cc(CCl)cnc1Oc1c(C)cc(Br)cc1[N+](=O)[O-]. The number of nitro benzene ring substituents is 1. The van der Waals surface area contributed by atoms with Crippen LogP contribution in [0.1, 0.15) is 16.7 Å². The van der Waals surface area contributed by atoms with E-state index in [4.69, 9.17) is 16.3 Å². The maximum Gasteiger partial charge on any atom is 0.313 e. The zero-order valence-electron chi connectivity index (χ0n) is 11.4. The van der Waals surface area contributed by atoms with Crippen molar-refractivity contribution in [3.8, 4) is 11.6 Å². The van der Waals surface area contributed by atoms with Crippen molar-refractivity contribution in [2.75, 3.05) is 0 Å². The van der Waals surface area contributed by atoms with Gasteiger partial charge in [-0.1, -0.05) is 15.9 Å². The van der Waals surface area contributed by atoms with Crippen LogP contribution in [0.4, 0.5) is 5.69 Å². The summed E-state index contributed by atoms with van der Waals surface area (Å²) in [4.78, 5) is 14.9. The highest BCUT2D eigenvalue weighted by molar-refractivity contribution is 9.10. The first-order valence-corrected chi connectivity index (χ1v) is 7.39. The fraction of sp³-hybridized carbons (Fsp3) is 0.214. The van der Waals surface area contributed by atoms with E-state index < -0.39 is 4.92 Å². The number of aryl methyl sites for hydroxylation is 2. The highest BCUT2D eigenvalue weighted by atomic mass is 79.9. The Labute approximate surface area is 135 Å². The summed E-state index contributed by atoms with van der Waals surface area (Å²) in [6.45, 7) is 3.56. The summed E-state index contributed by atoms with van der Waals surface area (Å²) in [5.41, 5.74) is 2.18. The third-order valence-electron chi connectivity index (χ3n) is 2.86. The fourth-order valence-electron chi connectivity index (χ4n) is 1.88. The number of nitrogens with zero attached hydrogens (tertiary/aromatic N) is 2. The highest BCUT2D eigenvalue weighted by Gasteiger charge is 2.20. The van der Waals surface area contributed by atoms with Crippen LogP contribution in [0.3, 0.4) is 0 Å². The van der Waals surface area contributed by atoms with Gasteiger partial charge in [-0.05, 0) is 31.5 Å². The molecule has 0 bridgehead atoms. The summed E-state index contributed by atoms with van der Waals surface area (Å²) in [5.74, 6) is 0.876. The van der Waals surface area contributed by atoms with Crippen molar-refractivity contribution in [1.82, 2.24) is 4.98 Å². The Bertz CT molecular complexity index is 707. The average molecular weight is 372 g/mol. The molecule has 0 fully saturated rings. The van der Waals surface area contributed by atoms with E-state index >= 15 is 0 Å². The van der Waals surface area contributed by atoms with E-state index in [0.29, 0.717) is 21.8 Å². The smallest absolute Gasteiger partial charge is 0.313 e. The molecule has 1 heterocycles. The van der Waals surface area contributed by atoms with Crippen molar-refractivity contribution in [2.24, 2.45) is 0 Å². The van der Waals surface area contributed by atoms with Gasteiger partial charge in [-0.2, -0.15) is 0 Å². The molecule has 1 aromatic carbocycles. The molecule has 21 heavy (non-hydrogen) atoms. The van der Waals surface area contributed by atoms with E-state index in [1.165, 1.54) is 6.07 Å². The summed E-state index contributed by atoms with van der Waals surface area (Å²) in [7, 11) is 0. The Kier molecular flexibility index (Phi) is 4.80. The van der Waals surface area contributed by atoms with Gasteiger partial charge in [0.1, 0.15) is 0 Å². The summed E-state index contributed by atoms with van der Waals surface area (Å²) < 4.78 is 6.30. The predicted molar refractivity (Wildman–Crippen MR) is 84.1 cm³/mol. The summed E-state index contributed by atoms with van der Waals surface area (Å²) in [6.07, 6.45) is 1.59. The zero-order chi connectivity index (χ0) is 15.6. The molecule has 110 valence electrons. The van der Waals surface area contributed by atoms with E-state index in [1.807, 2.05) is 13.0 Å². The van der Waals surface area contributed by atoms with E-state index in [2.05, 4.69) is 20.9 Å². The van der Waals surface area contributed by atoms with Crippen molar-refractivity contribution in [3.63, 3.8) is 0 Å². The molecule has 0 saturated carbocycles. The third-order valence-corrected chi connectivity index (χ3v) is 3.62. The summed E-state index contributed by atoms with van der Waals surface area (Å²) in [6, 6.07) is 5.00. The number of ether oxygens (including phenoxy) is 1. The lowest BCUT2D eigenvalue weighted by molar-refractivity contribution is -0.385. The van der Waals surface area contributed by atoms with Crippen LogP contribution in [0.15, 0.2) is 28.9 Å². The first-order chi connectivity index (χ1) is 9.92. The second kappa shape index (κ2) is 6.41. The molecule has 2 rings (SSSR count). The molecule has 0 unspecified atom stereocenters. The first-order valence-electron chi connectivity index (χ1n) is 6.06. The second-order valence-electron chi connectivity index (χ2n) is 4.53. The minimum absolute atomic E-state index is 0.107. The average Bonchev–Trinajstić information content (AvgIpc) is 2.42. The molecule has 0 aliphatic carbocycles. The molecule has 0 spiro atoms. The normalized spacial score (nSPS) is 10.5. The van der Waals surface area contributed by atoms with Gasteiger partial charge in [0.2, 0.25) is 11.6 Å². The number of aromatic nitrogens is 1. The molecule has 0 aliphatic rings. The number of nitro groups is 1. The first kappa shape index (κ1) is 15.7. The molecular weight excluding hydrogens is 360 g/mol. The maximum absolute atomic E-state index is 11.2. The number of benzene rings is 1. The quantitative estimate of drug-likeness (QED) is 0.435. The van der Waals surface area contributed by atoms with Gasteiger partial charge in [0.25, 0.3) is 0 Å². The van der Waals surface area contributed by atoms with Gasteiger partial charge in [0.15, 0.2) is 0 Å². The lowest BCUT2D eigenvalue weighted by Gasteiger charge is -2.11. The standard InChI is InChI=1S/C14H12BrClN2O3/c1-8-4-11(15)5-12(18(19)20)13(8)21-14-9(2)3-10(6-16)7-17-14/h3-5,7H,6H2,1-2H3. The van der Waals surface area contributed by atoms with Crippen LogP contribution < -0.4 is 4.74 Å². The van der Waals surface area contributed by atoms with Crippen molar-refractivity contribution in [1.29, 1.82) is 0 Å². The van der Waals surface area contributed by atoms with E-state index in [9.17, 15) is 10.1 Å². The minimum atomic E-state index is -0.477. The summed E-state index contributed by atoms with van der Waals surface area (Å²) in [5, 5.41) is 11.2. The van der Waals surface area contributed by atoms with Crippen molar-refractivity contribution >= 4 is 33.2 Å².